The van der Waals surface area contributed by atoms with Crippen LogP contribution in [0.3, 0.4) is 0 Å². The van der Waals surface area contributed by atoms with Crippen molar-refractivity contribution in [2.24, 2.45) is 0 Å². The molecular formula is C106H62O2. The lowest BCUT2D eigenvalue weighted by molar-refractivity contribution is 0.669. The third kappa shape index (κ3) is 9.02. The van der Waals surface area contributed by atoms with Gasteiger partial charge in [-0.3, -0.25) is 0 Å². The molecular weight excluding hydrogens is 1310 g/mol. The maximum absolute atomic E-state index is 7.31. The van der Waals surface area contributed by atoms with Crippen LogP contribution in [0.1, 0.15) is 0 Å². The quantitative estimate of drug-likeness (QED) is 0.112. The second kappa shape index (κ2) is 23.7. The van der Waals surface area contributed by atoms with Crippen LogP contribution in [-0.2, 0) is 0 Å². The summed E-state index contributed by atoms with van der Waals surface area (Å²) in [5, 5.41) is 28.6. The molecule has 2 nitrogen and oxygen atoms in total. The first-order chi connectivity index (χ1) is 53.6. The molecule has 0 bridgehead atoms. The average Bonchev–Trinajstić information content (AvgIpc) is 1.22. The zero-order chi connectivity index (χ0) is 70.7. The normalized spacial score (nSPS) is 12.1. The van der Waals surface area contributed by atoms with Crippen LogP contribution in [-0.4, -0.2) is 0 Å². The first-order valence-electron chi connectivity index (χ1n) is 37.4. The molecule has 498 valence electrons. The standard InChI is InChI=1S/C106H62O2/c1-2-24-63(25-3-1)70-60-95(103-94-58-67-27-4-5-28-68(67)61-97(94)107-98(103)62-70)102-89-44-22-16-38-83(89)99(84-39-17-23-45-90(84)102)91-55-54-82(78-35-13-14-36-79(78)91)81-53-51-72(76-33-10-12-34-77(76)81)65-46-48-66(49-47-65)74-52-56-92(105-104-73-31-9-6-26-64(73)50-57-96(104)108-106(74)105)100-85-40-18-20-42-87(85)101(88-43-21-19-41-86(88)100)93-59-69-29-7-8-30-71(69)75-32-11-15-37-80(75)93/h1-62H. The van der Waals surface area contributed by atoms with Crippen LogP contribution >= 0.6 is 0 Å². The van der Waals surface area contributed by atoms with E-state index in [0.717, 1.165) is 88.2 Å². The van der Waals surface area contributed by atoms with Gasteiger partial charge in [0.15, 0.2) is 0 Å². The number of benzene rings is 21. The lowest BCUT2D eigenvalue weighted by atomic mass is 9.82. The topological polar surface area (TPSA) is 26.3 Å². The molecule has 2 heteroatoms. The minimum atomic E-state index is 0.869. The van der Waals surface area contributed by atoms with Gasteiger partial charge < -0.3 is 8.83 Å². The number of hydrogen-bond acceptors (Lipinski definition) is 2. The number of furan rings is 2. The average molecular weight is 1370 g/mol. The SMILES string of the molecule is c1ccc(-c2cc(-c3c4ccccc4c(-c4ccc(-c5ccc(-c6ccc(-c7ccc(-c8c9ccccc9c(-c9cc%10ccccc%10c%10ccccc9%10)c9ccccc89)c8c7oc7ccc9ccccc9c78)cc6)c6ccccc56)c5ccccc45)c4ccccc34)c3c(c2)oc2cc4ccccc4cc23)cc1. The van der Waals surface area contributed by atoms with E-state index in [0.29, 0.717) is 0 Å². The molecule has 0 saturated carbocycles. The fraction of sp³-hybridized carbons (Fsp3) is 0. The van der Waals surface area contributed by atoms with Crippen LogP contribution in [0.25, 0.3) is 241 Å². The molecule has 21 aromatic carbocycles. The maximum Gasteiger partial charge on any atom is 0.143 e. The minimum Gasteiger partial charge on any atom is -0.456 e. The first-order valence-corrected chi connectivity index (χ1v) is 37.4. The van der Waals surface area contributed by atoms with Crippen molar-refractivity contribution < 1.29 is 8.83 Å². The van der Waals surface area contributed by atoms with Gasteiger partial charge in [-0.05, 0) is 234 Å². The van der Waals surface area contributed by atoms with Crippen molar-refractivity contribution in [2.75, 3.05) is 0 Å². The maximum atomic E-state index is 7.31. The monoisotopic (exact) mass is 1370 g/mol. The smallest absolute Gasteiger partial charge is 0.143 e. The lowest BCUT2D eigenvalue weighted by Crippen LogP contribution is -1.94. The van der Waals surface area contributed by atoms with E-state index >= 15 is 0 Å². The summed E-state index contributed by atoms with van der Waals surface area (Å²) in [6.45, 7) is 0. The van der Waals surface area contributed by atoms with Crippen molar-refractivity contribution in [2.45, 2.75) is 0 Å². The zero-order valence-electron chi connectivity index (χ0n) is 58.6. The van der Waals surface area contributed by atoms with Crippen molar-refractivity contribution >= 4 is 152 Å². The molecule has 0 saturated heterocycles. The molecule has 2 heterocycles. The second-order valence-electron chi connectivity index (χ2n) is 29.1. The molecule has 0 radical (unpaired) electrons. The van der Waals surface area contributed by atoms with E-state index < -0.39 is 0 Å². The Hall–Kier alpha value is -14.2. The first kappa shape index (κ1) is 60.3. The van der Waals surface area contributed by atoms with Crippen LogP contribution in [0.2, 0.25) is 0 Å². The highest BCUT2D eigenvalue weighted by Gasteiger charge is 2.28. The van der Waals surface area contributed by atoms with E-state index in [1.165, 1.54) is 152 Å². The van der Waals surface area contributed by atoms with Gasteiger partial charge in [0.1, 0.15) is 22.3 Å². The summed E-state index contributed by atoms with van der Waals surface area (Å²) < 4.78 is 14.3. The molecule has 23 aromatic rings. The van der Waals surface area contributed by atoms with E-state index in [9.17, 15) is 0 Å². The lowest BCUT2D eigenvalue weighted by Gasteiger charge is -2.21. The van der Waals surface area contributed by atoms with E-state index in [-0.39, 0.29) is 0 Å². The third-order valence-corrected chi connectivity index (χ3v) is 23.4. The minimum absolute atomic E-state index is 0.869. The van der Waals surface area contributed by atoms with Gasteiger partial charge in [0.05, 0.1) is 0 Å². The number of hydrogen-bond donors (Lipinski definition) is 0. The van der Waals surface area contributed by atoms with Gasteiger partial charge in [-0.2, -0.15) is 0 Å². The van der Waals surface area contributed by atoms with E-state index in [2.05, 4.69) is 376 Å². The summed E-state index contributed by atoms with van der Waals surface area (Å²) >= 11 is 0. The van der Waals surface area contributed by atoms with E-state index in [1.807, 2.05) is 0 Å². The fourth-order valence-corrected chi connectivity index (χ4v) is 18.7. The highest BCUT2D eigenvalue weighted by molar-refractivity contribution is 6.33. The van der Waals surface area contributed by atoms with E-state index in [4.69, 9.17) is 8.83 Å². The molecule has 0 aliphatic heterocycles. The zero-order valence-corrected chi connectivity index (χ0v) is 58.6. The Balaban J connectivity index is 0.657. The van der Waals surface area contributed by atoms with Crippen LogP contribution < -0.4 is 0 Å². The summed E-state index contributed by atoms with van der Waals surface area (Å²) in [5.74, 6) is 0. The third-order valence-electron chi connectivity index (χ3n) is 23.4. The van der Waals surface area contributed by atoms with Crippen molar-refractivity contribution in [3.8, 4) is 89.0 Å². The van der Waals surface area contributed by atoms with Crippen LogP contribution in [0.4, 0.5) is 0 Å². The van der Waals surface area contributed by atoms with Gasteiger partial charge in [-0.25, -0.2) is 0 Å². The Labute approximate surface area is 621 Å². The Morgan fingerprint density at radius 1 is 0.139 bits per heavy atom. The van der Waals surface area contributed by atoms with Crippen molar-refractivity contribution in [3.63, 3.8) is 0 Å². The van der Waals surface area contributed by atoms with Gasteiger partial charge in [0, 0.05) is 27.1 Å². The molecule has 0 spiro atoms. The van der Waals surface area contributed by atoms with Crippen LogP contribution in [0, 0.1) is 0 Å². The molecule has 0 aliphatic rings. The molecule has 0 aliphatic carbocycles. The van der Waals surface area contributed by atoms with Crippen molar-refractivity contribution in [1.82, 2.24) is 0 Å². The van der Waals surface area contributed by atoms with E-state index in [1.54, 1.807) is 0 Å². The molecule has 0 fully saturated rings. The Bertz CT molecular complexity index is 7670. The number of fused-ring (bicyclic) bond motifs is 18. The van der Waals surface area contributed by atoms with Gasteiger partial charge in [-0.15, -0.1) is 0 Å². The molecule has 0 unspecified atom stereocenters. The summed E-state index contributed by atoms with van der Waals surface area (Å²) in [6.07, 6.45) is 0. The molecule has 108 heavy (non-hydrogen) atoms. The van der Waals surface area contributed by atoms with Gasteiger partial charge in [0.25, 0.3) is 0 Å². The van der Waals surface area contributed by atoms with Gasteiger partial charge in [0.2, 0.25) is 0 Å². The Morgan fingerprint density at radius 3 is 1.12 bits per heavy atom. The second-order valence-corrected chi connectivity index (χ2v) is 29.1. The Morgan fingerprint density at radius 2 is 0.537 bits per heavy atom. The number of rotatable bonds is 8. The molecule has 0 amide bonds. The summed E-state index contributed by atoms with van der Waals surface area (Å²) in [6, 6.07) is 139. The summed E-state index contributed by atoms with van der Waals surface area (Å²) in [5.41, 5.74) is 22.2. The summed E-state index contributed by atoms with van der Waals surface area (Å²) in [7, 11) is 0. The summed E-state index contributed by atoms with van der Waals surface area (Å²) in [4.78, 5) is 0. The van der Waals surface area contributed by atoms with Crippen LogP contribution in [0.5, 0.6) is 0 Å². The molecule has 0 atom stereocenters. The highest BCUT2D eigenvalue weighted by atomic mass is 16.3. The fourth-order valence-electron chi connectivity index (χ4n) is 18.7. The van der Waals surface area contributed by atoms with Gasteiger partial charge in [-0.1, -0.05) is 334 Å². The predicted octanol–water partition coefficient (Wildman–Crippen LogP) is 30.4. The largest absolute Gasteiger partial charge is 0.456 e. The van der Waals surface area contributed by atoms with Crippen molar-refractivity contribution in [1.29, 1.82) is 0 Å². The van der Waals surface area contributed by atoms with Crippen molar-refractivity contribution in [3.05, 3.63) is 376 Å². The predicted molar refractivity (Wildman–Crippen MR) is 460 cm³/mol. The molecule has 23 rings (SSSR count). The molecule has 2 aromatic heterocycles. The Kier molecular flexibility index (Phi) is 13.2. The van der Waals surface area contributed by atoms with Gasteiger partial charge >= 0.3 is 0 Å². The highest BCUT2D eigenvalue weighted by Crippen LogP contribution is 2.54. The molecule has 0 N–H and O–H groups in total. The van der Waals surface area contributed by atoms with Crippen LogP contribution in [0.15, 0.2) is 385 Å².